The lowest BCUT2D eigenvalue weighted by Crippen LogP contribution is -2.41. The van der Waals surface area contributed by atoms with Crippen molar-refractivity contribution in [3.8, 4) is 11.4 Å². The van der Waals surface area contributed by atoms with Crippen LogP contribution in [-0.2, 0) is 11.0 Å². The number of amides is 2. The van der Waals surface area contributed by atoms with E-state index >= 15 is 0 Å². The molecule has 0 saturated heterocycles. The Morgan fingerprint density at radius 2 is 2.03 bits per heavy atom. The van der Waals surface area contributed by atoms with Gasteiger partial charge in [-0.15, -0.1) is 0 Å². The molecule has 1 aliphatic rings. The number of hydrogen-bond acceptors (Lipinski definition) is 6. The van der Waals surface area contributed by atoms with Crippen LogP contribution in [0.3, 0.4) is 0 Å². The van der Waals surface area contributed by atoms with Crippen LogP contribution in [-0.4, -0.2) is 44.3 Å². The van der Waals surface area contributed by atoms with E-state index in [0.29, 0.717) is 22.0 Å². The molecule has 3 aromatic rings. The zero-order chi connectivity index (χ0) is 26.7. The number of alkyl halides is 3. The van der Waals surface area contributed by atoms with Crippen LogP contribution in [0.15, 0.2) is 61.2 Å². The molecule has 0 bridgehead atoms. The van der Waals surface area contributed by atoms with E-state index < -0.39 is 35.9 Å². The van der Waals surface area contributed by atoms with Gasteiger partial charge in [0.1, 0.15) is 11.4 Å². The minimum absolute atomic E-state index is 0.0433. The third-order valence-electron chi connectivity index (χ3n) is 5.49. The summed E-state index contributed by atoms with van der Waals surface area (Å²) >= 11 is 5.94. The standard InChI is InChI=1S/C24H21ClF3N5O4/c1-13(32-23(36)20-9-18(34)17-8-15(25)2-4-19(17)37-20)6-7-29-22(35)14-10-31-33(12-14)16-3-5-21(30-11-16)24(26,27)28/h2-5,8,10-12,18,20,34H,1,6-7,9H2,(H,29,35)(H,32,36)/t18-,20-/m1/s1. The number of ether oxygens (including phenoxy) is 1. The molecule has 2 atom stereocenters. The molecule has 2 aromatic heterocycles. The number of aromatic nitrogens is 3. The molecule has 1 aromatic carbocycles. The molecular formula is C24H21ClF3N5O4. The molecule has 0 radical (unpaired) electrons. The molecule has 0 unspecified atom stereocenters. The molecule has 0 saturated carbocycles. The second-order valence-electron chi connectivity index (χ2n) is 8.21. The number of nitrogens with one attached hydrogen (secondary N) is 2. The molecule has 4 rings (SSSR count). The summed E-state index contributed by atoms with van der Waals surface area (Å²) in [5, 5.41) is 20.0. The van der Waals surface area contributed by atoms with Crippen LogP contribution in [0.1, 0.15) is 40.6 Å². The number of benzene rings is 1. The molecule has 37 heavy (non-hydrogen) atoms. The normalized spacial score (nSPS) is 16.9. The minimum atomic E-state index is -4.55. The lowest BCUT2D eigenvalue weighted by Gasteiger charge is -2.29. The van der Waals surface area contributed by atoms with Crippen molar-refractivity contribution in [2.24, 2.45) is 0 Å². The van der Waals surface area contributed by atoms with Gasteiger partial charge in [0.05, 0.1) is 29.7 Å². The van der Waals surface area contributed by atoms with Crippen LogP contribution < -0.4 is 15.4 Å². The fraction of sp³-hybridized carbons (Fsp3) is 0.250. The predicted molar refractivity (Wildman–Crippen MR) is 126 cm³/mol. The largest absolute Gasteiger partial charge is 0.480 e. The summed E-state index contributed by atoms with van der Waals surface area (Å²) in [7, 11) is 0. The number of carbonyl (C=O) groups is 2. The van der Waals surface area contributed by atoms with Crippen molar-refractivity contribution >= 4 is 23.4 Å². The first kappa shape index (κ1) is 26.2. The van der Waals surface area contributed by atoms with Crippen LogP contribution in [0.2, 0.25) is 5.02 Å². The zero-order valence-corrected chi connectivity index (χ0v) is 19.9. The number of aliphatic hydroxyl groups is 1. The molecule has 9 nitrogen and oxygen atoms in total. The lowest BCUT2D eigenvalue weighted by atomic mass is 9.98. The van der Waals surface area contributed by atoms with Crippen molar-refractivity contribution in [3.63, 3.8) is 0 Å². The summed E-state index contributed by atoms with van der Waals surface area (Å²) in [6, 6.07) is 6.78. The number of hydrogen-bond donors (Lipinski definition) is 3. The Hall–Kier alpha value is -3.90. The van der Waals surface area contributed by atoms with Crippen molar-refractivity contribution < 1.29 is 32.6 Å². The van der Waals surface area contributed by atoms with Gasteiger partial charge >= 0.3 is 6.18 Å². The summed E-state index contributed by atoms with van der Waals surface area (Å²) in [5.41, 5.74) is 0.240. The van der Waals surface area contributed by atoms with Crippen molar-refractivity contribution in [2.75, 3.05) is 6.54 Å². The number of fused-ring (bicyclic) bond motifs is 1. The summed E-state index contributed by atoms with van der Waals surface area (Å²) in [4.78, 5) is 28.3. The van der Waals surface area contributed by atoms with Crippen LogP contribution in [0.4, 0.5) is 13.2 Å². The molecule has 2 amide bonds. The van der Waals surface area contributed by atoms with Gasteiger partial charge < -0.3 is 20.5 Å². The van der Waals surface area contributed by atoms with E-state index in [1.165, 1.54) is 23.1 Å². The second kappa shape index (κ2) is 10.6. The Bertz CT molecular complexity index is 1330. The maximum atomic E-state index is 12.7. The molecular weight excluding hydrogens is 515 g/mol. The zero-order valence-electron chi connectivity index (χ0n) is 19.1. The highest BCUT2D eigenvalue weighted by atomic mass is 35.5. The fourth-order valence-electron chi connectivity index (χ4n) is 3.60. The summed E-state index contributed by atoms with van der Waals surface area (Å²) in [6.07, 6.45) is -2.51. The average molecular weight is 536 g/mol. The van der Waals surface area contributed by atoms with Crippen molar-refractivity contribution in [1.82, 2.24) is 25.4 Å². The Morgan fingerprint density at radius 1 is 1.24 bits per heavy atom. The van der Waals surface area contributed by atoms with Gasteiger partial charge in [-0.05, 0) is 30.3 Å². The Balaban J connectivity index is 1.25. The van der Waals surface area contributed by atoms with Gasteiger partial charge in [0.25, 0.3) is 11.8 Å². The van der Waals surface area contributed by atoms with Crippen molar-refractivity contribution in [1.29, 1.82) is 0 Å². The topological polar surface area (TPSA) is 118 Å². The Labute approximate surface area is 213 Å². The number of aliphatic hydroxyl groups excluding tert-OH is 1. The van der Waals surface area contributed by atoms with Gasteiger partial charge in [-0.25, -0.2) is 9.67 Å². The van der Waals surface area contributed by atoms with E-state index in [2.05, 4.69) is 27.3 Å². The van der Waals surface area contributed by atoms with E-state index in [1.807, 2.05) is 0 Å². The highest BCUT2D eigenvalue weighted by Crippen LogP contribution is 2.36. The minimum Gasteiger partial charge on any atom is -0.480 e. The summed E-state index contributed by atoms with van der Waals surface area (Å²) in [5.74, 6) is -0.588. The molecule has 1 aliphatic heterocycles. The van der Waals surface area contributed by atoms with Crippen molar-refractivity contribution in [3.05, 3.63) is 83.0 Å². The highest BCUT2D eigenvalue weighted by Gasteiger charge is 2.33. The maximum absolute atomic E-state index is 12.7. The molecule has 194 valence electrons. The maximum Gasteiger partial charge on any atom is 0.433 e. The summed E-state index contributed by atoms with van der Waals surface area (Å²) in [6.45, 7) is 3.92. The first-order valence-electron chi connectivity index (χ1n) is 11.0. The second-order valence-corrected chi connectivity index (χ2v) is 8.65. The number of rotatable bonds is 7. The van der Waals surface area contributed by atoms with Crippen LogP contribution in [0, 0.1) is 0 Å². The predicted octanol–water partition coefficient (Wildman–Crippen LogP) is 3.57. The van der Waals surface area contributed by atoms with E-state index in [4.69, 9.17) is 16.3 Å². The van der Waals surface area contributed by atoms with E-state index in [0.717, 1.165) is 12.3 Å². The van der Waals surface area contributed by atoms with Gasteiger partial charge in [-0.3, -0.25) is 9.59 Å². The van der Waals surface area contributed by atoms with E-state index in [1.54, 1.807) is 18.2 Å². The molecule has 3 N–H and O–H groups in total. The molecule has 0 fully saturated rings. The molecule has 0 spiro atoms. The quantitative estimate of drug-likeness (QED) is 0.426. The fourth-order valence-corrected chi connectivity index (χ4v) is 3.78. The van der Waals surface area contributed by atoms with Gasteiger partial charge in [0.15, 0.2) is 6.10 Å². The van der Waals surface area contributed by atoms with Crippen LogP contribution >= 0.6 is 11.6 Å². The highest BCUT2D eigenvalue weighted by molar-refractivity contribution is 6.30. The molecule has 0 aliphatic carbocycles. The number of pyridine rings is 1. The summed E-state index contributed by atoms with van der Waals surface area (Å²) < 4.78 is 44.9. The first-order valence-corrected chi connectivity index (χ1v) is 11.4. The lowest BCUT2D eigenvalue weighted by molar-refractivity contribution is -0.141. The van der Waals surface area contributed by atoms with E-state index in [9.17, 15) is 27.9 Å². The number of carbonyl (C=O) groups excluding carboxylic acids is 2. The third-order valence-corrected chi connectivity index (χ3v) is 5.72. The average Bonchev–Trinajstić information content (AvgIpc) is 3.34. The van der Waals surface area contributed by atoms with E-state index in [-0.39, 0.29) is 30.6 Å². The Kier molecular flexibility index (Phi) is 7.50. The van der Waals surface area contributed by atoms with Crippen LogP contribution in [0.5, 0.6) is 5.75 Å². The van der Waals surface area contributed by atoms with Gasteiger partial charge in [-0.2, -0.15) is 18.3 Å². The number of nitrogens with zero attached hydrogens (tertiary/aromatic N) is 3. The smallest absolute Gasteiger partial charge is 0.433 e. The third kappa shape index (κ3) is 6.27. The SMILES string of the molecule is C=C(CCNC(=O)c1cnn(-c2ccc(C(F)(F)F)nc2)c1)NC(=O)[C@H]1C[C@@H](O)c2cc(Cl)ccc2O1. The van der Waals surface area contributed by atoms with Crippen molar-refractivity contribution in [2.45, 2.75) is 31.2 Å². The Morgan fingerprint density at radius 3 is 2.73 bits per heavy atom. The van der Waals surface area contributed by atoms with Gasteiger partial charge in [0.2, 0.25) is 0 Å². The first-order chi connectivity index (χ1) is 17.5. The van der Waals surface area contributed by atoms with Crippen LogP contribution in [0.25, 0.3) is 5.69 Å². The number of halogens is 4. The monoisotopic (exact) mass is 535 g/mol. The molecule has 13 heteroatoms. The van der Waals surface area contributed by atoms with Gasteiger partial charge in [0, 0.05) is 41.9 Å². The van der Waals surface area contributed by atoms with Gasteiger partial charge in [-0.1, -0.05) is 18.2 Å². The molecule has 3 heterocycles.